The molecular weight excluding hydrogens is 398 g/mol. The Balaban J connectivity index is 1.22. The van der Waals surface area contributed by atoms with Crippen LogP contribution in [0.1, 0.15) is 24.8 Å². The lowest BCUT2D eigenvalue weighted by molar-refractivity contribution is -0.122. The number of benzene rings is 1. The van der Waals surface area contributed by atoms with Gasteiger partial charge < -0.3 is 4.74 Å². The first-order chi connectivity index (χ1) is 14.7. The molecule has 1 aliphatic rings. The first-order valence-electron chi connectivity index (χ1n) is 10.0. The average Bonchev–Trinajstić information content (AvgIpc) is 3.34. The molecule has 0 N–H and O–H groups in total. The van der Waals surface area contributed by atoms with Gasteiger partial charge in [0.1, 0.15) is 5.65 Å². The van der Waals surface area contributed by atoms with Crippen molar-refractivity contribution >= 4 is 28.6 Å². The fourth-order valence-electron chi connectivity index (χ4n) is 3.33. The van der Waals surface area contributed by atoms with E-state index in [4.69, 9.17) is 4.74 Å². The second-order valence-corrected chi connectivity index (χ2v) is 7.99. The number of rotatable bonds is 9. The molecule has 1 aromatic carbocycles. The minimum atomic E-state index is -0.185. The number of allylic oxidation sites excluding steroid dienone is 1. The van der Waals surface area contributed by atoms with Crippen LogP contribution in [0.15, 0.2) is 71.9 Å². The van der Waals surface area contributed by atoms with Gasteiger partial charge in [0.05, 0.1) is 11.5 Å². The molecule has 4 rings (SSSR count). The third-order valence-electron chi connectivity index (χ3n) is 4.90. The summed E-state index contributed by atoms with van der Waals surface area (Å²) in [5, 5.41) is -0.185. The van der Waals surface area contributed by atoms with Crippen molar-refractivity contribution in [3.63, 3.8) is 0 Å². The lowest BCUT2D eigenvalue weighted by Crippen LogP contribution is -2.29. The molecular formula is C23H23N3O3S. The van der Waals surface area contributed by atoms with E-state index < -0.39 is 0 Å². The molecule has 3 heterocycles. The van der Waals surface area contributed by atoms with Gasteiger partial charge >= 0.3 is 0 Å². The van der Waals surface area contributed by atoms with Crippen molar-refractivity contribution in [2.75, 3.05) is 13.2 Å². The molecule has 1 saturated heterocycles. The van der Waals surface area contributed by atoms with Gasteiger partial charge in [-0.2, -0.15) is 0 Å². The number of amides is 2. The van der Waals surface area contributed by atoms with Crippen LogP contribution in [-0.4, -0.2) is 38.6 Å². The number of aryl methyl sites for hydroxylation is 1. The number of hydrogen-bond donors (Lipinski definition) is 0. The summed E-state index contributed by atoms with van der Waals surface area (Å²) < 4.78 is 7.72. The van der Waals surface area contributed by atoms with E-state index in [1.807, 2.05) is 53.1 Å². The number of carbonyl (C=O) groups is 2. The molecule has 0 unspecified atom stereocenters. The van der Waals surface area contributed by atoms with E-state index in [9.17, 15) is 9.59 Å². The highest BCUT2D eigenvalue weighted by Gasteiger charge is 2.34. The molecule has 0 saturated carbocycles. The van der Waals surface area contributed by atoms with Crippen LogP contribution in [0.5, 0.6) is 5.88 Å². The molecule has 2 aromatic heterocycles. The maximum atomic E-state index is 12.5. The van der Waals surface area contributed by atoms with Gasteiger partial charge in [-0.05, 0) is 55.1 Å². The summed E-state index contributed by atoms with van der Waals surface area (Å²) in [6.07, 6.45) is 8.52. The number of ether oxygens (including phenoxy) is 1. The molecule has 30 heavy (non-hydrogen) atoms. The summed E-state index contributed by atoms with van der Waals surface area (Å²) in [6, 6.07) is 15.8. The van der Waals surface area contributed by atoms with Crippen LogP contribution in [0.2, 0.25) is 0 Å². The van der Waals surface area contributed by atoms with Gasteiger partial charge in [0, 0.05) is 18.9 Å². The number of carbonyl (C=O) groups excluding carboxylic acids is 2. The summed E-state index contributed by atoms with van der Waals surface area (Å²) in [5.74, 6) is 0.555. The third kappa shape index (κ3) is 4.74. The predicted octanol–water partition coefficient (Wildman–Crippen LogP) is 4.71. The topological polar surface area (TPSA) is 63.9 Å². The quantitative estimate of drug-likeness (QED) is 0.370. The number of unbranched alkanes of at least 4 members (excludes halogenated alkanes) is 1. The standard InChI is InChI=1S/C23H23N3O3S/c27-22-19(11-6-10-18-8-2-1-3-9-18)30-23(28)26(22)15-4-5-17-29-21-13-7-12-20-24-14-16-25(20)21/h1-3,7-9,11-14,16H,4-6,10,15,17H2/b19-11+. The molecule has 0 aliphatic carbocycles. The molecule has 1 fully saturated rings. The Labute approximate surface area is 179 Å². The molecule has 1 aliphatic heterocycles. The van der Waals surface area contributed by atoms with Gasteiger partial charge in [-0.3, -0.25) is 18.9 Å². The molecule has 6 nitrogen and oxygen atoms in total. The highest BCUT2D eigenvalue weighted by molar-refractivity contribution is 8.18. The van der Waals surface area contributed by atoms with Crippen LogP contribution < -0.4 is 4.74 Å². The van der Waals surface area contributed by atoms with Crippen molar-refractivity contribution in [2.24, 2.45) is 0 Å². The maximum Gasteiger partial charge on any atom is 0.293 e. The van der Waals surface area contributed by atoms with Crippen molar-refractivity contribution in [1.82, 2.24) is 14.3 Å². The van der Waals surface area contributed by atoms with Crippen molar-refractivity contribution in [3.05, 3.63) is 77.5 Å². The Morgan fingerprint density at radius 3 is 2.77 bits per heavy atom. The molecule has 7 heteroatoms. The summed E-state index contributed by atoms with van der Waals surface area (Å²) in [5.41, 5.74) is 2.06. The van der Waals surface area contributed by atoms with Crippen molar-refractivity contribution in [2.45, 2.75) is 25.7 Å². The third-order valence-corrected chi connectivity index (χ3v) is 5.85. The molecule has 154 valence electrons. The second-order valence-electron chi connectivity index (χ2n) is 6.99. The van der Waals surface area contributed by atoms with E-state index >= 15 is 0 Å². The van der Waals surface area contributed by atoms with E-state index in [-0.39, 0.29) is 11.1 Å². The largest absolute Gasteiger partial charge is 0.479 e. The number of imide groups is 1. The van der Waals surface area contributed by atoms with Gasteiger partial charge in [0.15, 0.2) is 5.88 Å². The number of pyridine rings is 1. The van der Waals surface area contributed by atoms with Gasteiger partial charge in [0.25, 0.3) is 11.1 Å². The van der Waals surface area contributed by atoms with E-state index in [1.54, 1.807) is 6.20 Å². The smallest absolute Gasteiger partial charge is 0.293 e. The summed E-state index contributed by atoms with van der Waals surface area (Å²) >= 11 is 1.04. The molecule has 3 aromatic rings. The number of hydrogen-bond acceptors (Lipinski definition) is 5. The van der Waals surface area contributed by atoms with Crippen LogP contribution in [0.4, 0.5) is 4.79 Å². The van der Waals surface area contributed by atoms with Crippen LogP contribution in [0.3, 0.4) is 0 Å². The van der Waals surface area contributed by atoms with E-state index in [1.165, 1.54) is 10.5 Å². The molecule has 0 atom stereocenters. The summed E-state index contributed by atoms with van der Waals surface area (Å²) in [6.45, 7) is 0.930. The highest BCUT2D eigenvalue weighted by atomic mass is 32.2. The van der Waals surface area contributed by atoms with Gasteiger partial charge in [-0.25, -0.2) is 4.98 Å². The number of imidazole rings is 1. The van der Waals surface area contributed by atoms with Gasteiger partial charge in [-0.1, -0.05) is 42.5 Å². The van der Waals surface area contributed by atoms with Crippen LogP contribution in [0, 0.1) is 0 Å². The lowest BCUT2D eigenvalue weighted by atomic mass is 10.1. The fourth-order valence-corrected chi connectivity index (χ4v) is 4.20. The monoisotopic (exact) mass is 421 g/mol. The summed E-state index contributed by atoms with van der Waals surface area (Å²) in [7, 11) is 0. The molecule has 2 amide bonds. The van der Waals surface area contributed by atoms with Crippen molar-refractivity contribution in [3.8, 4) is 5.88 Å². The Morgan fingerprint density at radius 2 is 1.90 bits per heavy atom. The normalized spacial score (nSPS) is 15.5. The molecule has 0 spiro atoms. The molecule has 0 bridgehead atoms. The number of nitrogens with zero attached hydrogens (tertiary/aromatic N) is 3. The first kappa shape index (κ1) is 20.2. The minimum absolute atomic E-state index is 0.179. The average molecular weight is 422 g/mol. The van der Waals surface area contributed by atoms with Crippen molar-refractivity contribution < 1.29 is 14.3 Å². The SMILES string of the molecule is O=C1S/C(=C/CCc2ccccc2)C(=O)N1CCCCOc1cccc2nccn12. The second kappa shape index (κ2) is 9.63. The van der Waals surface area contributed by atoms with E-state index in [0.717, 1.165) is 42.6 Å². The first-order valence-corrected chi connectivity index (χ1v) is 10.9. The maximum absolute atomic E-state index is 12.5. The Morgan fingerprint density at radius 1 is 1.03 bits per heavy atom. The molecule has 0 radical (unpaired) electrons. The van der Waals surface area contributed by atoms with Crippen LogP contribution >= 0.6 is 11.8 Å². The minimum Gasteiger partial charge on any atom is -0.479 e. The Kier molecular flexibility index (Phi) is 6.49. The number of thioether (sulfide) groups is 1. The fraction of sp³-hybridized carbons (Fsp3) is 0.261. The van der Waals surface area contributed by atoms with Gasteiger partial charge in [-0.15, -0.1) is 0 Å². The number of aromatic nitrogens is 2. The summed E-state index contributed by atoms with van der Waals surface area (Å²) in [4.78, 5) is 30.9. The highest BCUT2D eigenvalue weighted by Crippen LogP contribution is 2.31. The van der Waals surface area contributed by atoms with Crippen LogP contribution in [-0.2, 0) is 11.2 Å². The Bertz CT molecular complexity index is 1060. The van der Waals surface area contributed by atoms with Crippen LogP contribution in [0.25, 0.3) is 5.65 Å². The van der Waals surface area contributed by atoms with E-state index in [2.05, 4.69) is 17.1 Å². The Hall–Kier alpha value is -3.06. The zero-order chi connectivity index (χ0) is 20.8. The predicted molar refractivity (Wildman–Crippen MR) is 117 cm³/mol. The van der Waals surface area contributed by atoms with Gasteiger partial charge in [0.2, 0.25) is 0 Å². The lowest BCUT2D eigenvalue weighted by Gasteiger charge is -2.12. The number of fused-ring (bicyclic) bond motifs is 1. The van der Waals surface area contributed by atoms with E-state index in [0.29, 0.717) is 24.5 Å². The zero-order valence-corrected chi connectivity index (χ0v) is 17.4. The zero-order valence-electron chi connectivity index (χ0n) is 16.6. The van der Waals surface area contributed by atoms with Crippen molar-refractivity contribution in [1.29, 1.82) is 0 Å².